The molecule has 1 atom stereocenters. The van der Waals surface area contributed by atoms with Crippen molar-refractivity contribution < 1.29 is 27.9 Å². The van der Waals surface area contributed by atoms with Crippen LogP contribution < -0.4 is 5.32 Å². The molecule has 0 aliphatic carbocycles. The highest BCUT2D eigenvalue weighted by Gasteiger charge is 2.40. The van der Waals surface area contributed by atoms with Crippen molar-refractivity contribution in [2.45, 2.75) is 38.6 Å². The van der Waals surface area contributed by atoms with Crippen molar-refractivity contribution >= 4 is 23.2 Å². The predicted octanol–water partition coefficient (Wildman–Crippen LogP) is 3.63. The van der Waals surface area contributed by atoms with Gasteiger partial charge in [-0.05, 0) is 39.0 Å². The summed E-state index contributed by atoms with van der Waals surface area (Å²) in [5.74, 6) is -2.12. The number of rotatable bonds is 5. The fraction of sp³-hybridized carbons (Fsp3) is 0.348. The molecule has 1 saturated heterocycles. The maximum atomic E-state index is 13.1. The highest BCUT2D eigenvalue weighted by molar-refractivity contribution is 7.14. The van der Waals surface area contributed by atoms with Crippen molar-refractivity contribution in [3.63, 3.8) is 0 Å². The van der Waals surface area contributed by atoms with Gasteiger partial charge in [0.2, 0.25) is 5.82 Å². The van der Waals surface area contributed by atoms with E-state index in [1.807, 2.05) is 6.92 Å². The molecule has 35 heavy (non-hydrogen) atoms. The molecule has 3 aromatic rings. The molecule has 12 heteroatoms. The first-order chi connectivity index (χ1) is 16.3. The van der Waals surface area contributed by atoms with Crippen molar-refractivity contribution in [2.24, 2.45) is 0 Å². The molecular formula is C23H22F3N5O3S. The summed E-state index contributed by atoms with van der Waals surface area (Å²) >= 11 is 1.41. The SMILES string of the molecule is Cc1cnc(-c2cc(C(=O)NC(C)c3cnc(C(F)(F)F)nc3)cc(C(=O)N3CC(C)(O)C3)c2)s1. The molecular weight excluding hydrogens is 483 g/mol. The summed E-state index contributed by atoms with van der Waals surface area (Å²) in [7, 11) is 0. The molecule has 0 spiro atoms. The van der Waals surface area contributed by atoms with Gasteiger partial charge < -0.3 is 15.3 Å². The zero-order chi connectivity index (χ0) is 25.5. The van der Waals surface area contributed by atoms with Gasteiger partial charge in [-0.3, -0.25) is 9.59 Å². The number of nitrogens with one attached hydrogen (secondary N) is 1. The molecule has 0 bridgehead atoms. The molecule has 3 heterocycles. The van der Waals surface area contributed by atoms with Crippen molar-refractivity contribution in [3.8, 4) is 10.6 Å². The van der Waals surface area contributed by atoms with E-state index >= 15 is 0 Å². The topological polar surface area (TPSA) is 108 Å². The summed E-state index contributed by atoms with van der Waals surface area (Å²) in [6, 6.07) is 4.01. The van der Waals surface area contributed by atoms with Gasteiger partial charge in [0.1, 0.15) is 5.01 Å². The zero-order valence-electron chi connectivity index (χ0n) is 19.1. The van der Waals surface area contributed by atoms with E-state index in [0.717, 1.165) is 17.3 Å². The van der Waals surface area contributed by atoms with E-state index in [0.29, 0.717) is 10.6 Å². The Kier molecular flexibility index (Phi) is 6.36. The fourth-order valence-electron chi connectivity index (χ4n) is 3.67. The smallest absolute Gasteiger partial charge is 0.386 e. The van der Waals surface area contributed by atoms with Crippen molar-refractivity contribution in [1.82, 2.24) is 25.2 Å². The molecule has 4 rings (SSSR count). The summed E-state index contributed by atoms with van der Waals surface area (Å²) in [5, 5.41) is 13.3. The molecule has 2 aromatic heterocycles. The van der Waals surface area contributed by atoms with Crippen LogP contribution in [0.4, 0.5) is 13.2 Å². The average molecular weight is 506 g/mol. The maximum absolute atomic E-state index is 13.1. The Morgan fingerprint density at radius 3 is 2.29 bits per heavy atom. The first-order valence-electron chi connectivity index (χ1n) is 10.6. The zero-order valence-corrected chi connectivity index (χ0v) is 19.9. The van der Waals surface area contributed by atoms with Gasteiger partial charge in [-0.25, -0.2) is 15.0 Å². The minimum atomic E-state index is -4.66. The molecule has 0 saturated carbocycles. The minimum Gasteiger partial charge on any atom is -0.386 e. The molecule has 1 aliphatic heterocycles. The number of carbonyl (C=O) groups is 2. The molecule has 1 unspecified atom stereocenters. The van der Waals surface area contributed by atoms with Crippen molar-refractivity contribution in [1.29, 1.82) is 0 Å². The number of likely N-dealkylation sites (tertiary alicyclic amines) is 1. The van der Waals surface area contributed by atoms with Gasteiger partial charge in [0, 0.05) is 45.7 Å². The van der Waals surface area contributed by atoms with Gasteiger partial charge >= 0.3 is 6.18 Å². The molecule has 1 aliphatic rings. The standard InChI is InChI=1S/C23H22F3N5O3S/c1-12-7-27-19(35-12)15-4-14(5-16(6-15)20(33)31-10-22(3,34)11-31)18(32)30-13(2)17-8-28-21(29-9-17)23(24,25)26/h4-9,13,34H,10-11H2,1-3H3,(H,30,32). The van der Waals surface area contributed by atoms with Gasteiger partial charge in [0.05, 0.1) is 24.7 Å². The second-order valence-electron chi connectivity index (χ2n) is 8.77. The highest BCUT2D eigenvalue weighted by Crippen LogP contribution is 2.30. The van der Waals surface area contributed by atoms with Gasteiger partial charge in [-0.15, -0.1) is 11.3 Å². The number of nitrogens with zero attached hydrogens (tertiary/aromatic N) is 4. The van der Waals surface area contributed by atoms with E-state index in [2.05, 4.69) is 20.3 Å². The monoisotopic (exact) mass is 505 g/mol. The van der Waals surface area contributed by atoms with Gasteiger partial charge in [0.25, 0.3) is 11.8 Å². The first kappa shape index (κ1) is 24.7. The molecule has 1 fully saturated rings. The molecule has 2 amide bonds. The number of benzene rings is 1. The molecule has 8 nitrogen and oxygen atoms in total. The quantitative estimate of drug-likeness (QED) is 0.548. The largest absolute Gasteiger partial charge is 0.451 e. The number of halogens is 3. The van der Waals surface area contributed by atoms with E-state index in [4.69, 9.17) is 0 Å². The van der Waals surface area contributed by atoms with Crippen LogP contribution >= 0.6 is 11.3 Å². The van der Waals surface area contributed by atoms with Crippen LogP contribution in [0.25, 0.3) is 10.6 Å². The lowest BCUT2D eigenvalue weighted by Crippen LogP contribution is -2.61. The summed E-state index contributed by atoms with van der Waals surface area (Å²) in [5.41, 5.74) is 0.375. The molecule has 184 valence electrons. The number of aromatic nitrogens is 3. The highest BCUT2D eigenvalue weighted by atomic mass is 32.1. The summed E-state index contributed by atoms with van der Waals surface area (Å²) in [6.45, 7) is 5.47. The van der Waals surface area contributed by atoms with Crippen LogP contribution in [0.5, 0.6) is 0 Å². The Bertz CT molecular complexity index is 1270. The average Bonchev–Trinajstić information content (AvgIpc) is 3.22. The number of aryl methyl sites for hydroxylation is 1. The number of aliphatic hydroxyl groups is 1. The normalized spacial score (nSPS) is 15.9. The Morgan fingerprint density at radius 1 is 1.11 bits per heavy atom. The third-order valence-electron chi connectivity index (χ3n) is 5.43. The van der Waals surface area contributed by atoms with Crippen LogP contribution in [0.3, 0.4) is 0 Å². The van der Waals surface area contributed by atoms with Crippen LogP contribution in [0.1, 0.15) is 56.9 Å². The van der Waals surface area contributed by atoms with Crippen LogP contribution in [0.15, 0.2) is 36.8 Å². The number of hydrogen-bond donors (Lipinski definition) is 2. The summed E-state index contributed by atoms with van der Waals surface area (Å²) < 4.78 is 38.2. The van der Waals surface area contributed by atoms with Crippen LogP contribution in [0.2, 0.25) is 0 Å². The second kappa shape index (κ2) is 9.00. The second-order valence-corrected chi connectivity index (χ2v) is 10.0. The van der Waals surface area contributed by atoms with Crippen LogP contribution in [-0.4, -0.2) is 55.5 Å². The Labute approximate surface area is 202 Å². The Morgan fingerprint density at radius 2 is 1.74 bits per heavy atom. The maximum Gasteiger partial charge on any atom is 0.451 e. The number of carbonyl (C=O) groups excluding carboxylic acids is 2. The van der Waals surface area contributed by atoms with E-state index in [1.54, 1.807) is 32.2 Å². The third-order valence-corrected chi connectivity index (χ3v) is 6.40. The summed E-state index contributed by atoms with van der Waals surface area (Å²) in [6.07, 6.45) is -0.944. The van der Waals surface area contributed by atoms with Gasteiger partial charge in [0.15, 0.2) is 0 Å². The van der Waals surface area contributed by atoms with Crippen molar-refractivity contribution in [2.75, 3.05) is 13.1 Å². The van der Waals surface area contributed by atoms with E-state index in [1.165, 1.54) is 22.3 Å². The number of alkyl halides is 3. The Hall–Kier alpha value is -3.38. The van der Waals surface area contributed by atoms with Crippen LogP contribution in [-0.2, 0) is 6.18 Å². The number of amides is 2. The molecule has 1 aromatic carbocycles. The number of β-amino-alcohol motifs (C(OH)–C–C–N with tert-alkyl or cyclic N) is 1. The number of hydrogen-bond acceptors (Lipinski definition) is 7. The van der Waals surface area contributed by atoms with E-state index in [-0.39, 0.29) is 35.7 Å². The van der Waals surface area contributed by atoms with Crippen LogP contribution in [0, 0.1) is 6.92 Å². The molecule has 0 radical (unpaired) electrons. The first-order valence-corrected chi connectivity index (χ1v) is 11.4. The fourth-order valence-corrected chi connectivity index (χ4v) is 4.42. The van der Waals surface area contributed by atoms with Gasteiger partial charge in [-0.2, -0.15) is 13.2 Å². The van der Waals surface area contributed by atoms with Crippen molar-refractivity contribution in [3.05, 3.63) is 64.2 Å². The van der Waals surface area contributed by atoms with E-state index < -0.39 is 29.6 Å². The minimum absolute atomic E-state index is 0.179. The Balaban J connectivity index is 1.60. The van der Waals surface area contributed by atoms with Gasteiger partial charge in [-0.1, -0.05) is 0 Å². The lowest BCUT2D eigenvalue weighted by Gasteiger charge is -2.44. The lowest BCUT2D eigenvalue weighted by molar-refractivity contribution is -0.145. The van der Waals surface area contributed by atoms with E-state index in [9.17, 15) is 27.9 Å². The molecule has 2 N–H and O–H groups in total. The predicted molar refractivity (Wildman–Crippen MR) is 122 cm³/mol. The number of thiazole rings is 1. The summed E-state index contributed by atoms with van der Waals surface area (Å²) in [4.78, 5) is 39.5. The lowest BCUT2D eigenvalue weighted by atomic mass is 9.95. The third kappa shape index (κ3) is 5.49.